The lowest BCUT2D eigenvalue weighted by Crippen LogP contribution is -2.55. The number of fused-ring (bicyclic) bond motifs is 4. The first kappa shape index (κ1) is 23.6. The summed E-state index contributed by atoms with van der Waals surface area (Å²) < 4.78 is 0. The Kier molecular flexibility index (Phi) is 5.90. The molecule has 2 saturated carbocycles. The van der Waals surface area contributed by atoms with Crippen LogP contribution in [0.3, 0.4) is 0 Å². The summed E-state index contributed by atoms with van der Waals surface area (Å²) in [5, 5.41) is 10.8. The molecule has 0 radical (unpaired) electrons. The number of aliphatic hydroxyl groups excluding tert-OH is 1. The highest BCUT2D eigenvalue weighted by Gasteiger charge is 2.63. The van der Waals surface area contributed by atoms with Crippen LogP contribution in [0.15, 0.2) is 22.8 Å². The van der Waals surface area contributed by atoms with Gasteiger partial charge in [0.15, 0.2) is 0 Å². The number of hydrogen-bond donors (Lipinski definition) is 1. The Morgan fingerprint density at radius 1 is 0.968 bits per heavy atom. The fraction of sp³-hybridized carbons (Fsp3) is 0.867. The van der Waals surface area contributed by atoms with Gasteiger partial charge in [-0.2, -0.15) is 0 Å². The maximum atomic E-state index is 10.8. The molecule has 2 fully saturated rings. The van der Waals surface area contributed by atoms with E-state index in [-0.39, 0.29) is 11.5 Å². The Balaban J connectivity index is 1.65. The van der Waals surface area contributed by atoms with Gasteiger partial charge in [-0.25, -0.2) is 0 Å². The van der Waals surface area contributed by atoms with Gasteiger partial charge in [-0.3, -0.25) is 0 Å². The summed E-state index contributed by atoms with van der Waals surface area (Å²) in [6.07, 6.45) is 15.2. The molecule has 0 aliphatic heterocycles. The highest BCUT2D eigenvalue weighted by molar-refractivity contribution is 5.38. The number of rotatable bonds is 4. The topological polar surface area (TPSA) is 20.2 Å². The first-order valence-corrected chi connectivity index (χ1v) is 13.4. The summed E-state index contributed by atoms with van der Waals surface area (Å²) in [4.78, 5) is 0. The molecular weight excluding hydrogens is 376 g/mol. The molecule has 0 saturated heterocycles. The fourth-order valence-corrected chi connectivity index (χ4v) is 9.47. The average Bonchev–Trinajstić information content (AvgIpc) is 2.96. The third-order valence-corrected chi connectivity index (χ3v) is 11.7. The molecule has 0 aromatic heterocycles. The lowest BCUT2D eigenvalue weighted by molar-refractivity contribution is -0.0962. The largest absolute Gasteiger partial charge is 0.393 e. The summed E-state index contributed by atoms with van der Waals surface area (Å²) in [5.74, 6) is 2.32. The van der Waals surface area contributed by atoms with Gasteiger partial charge in [0.25, 0.3) is 0 Å². The first-order chi connectivity index (χ1) is 14.4. The summed E-state index contributed by atoms with van der Waals surface area (Å²) >= 11 is 0. The first-order valence-electron chi connectivity index (χ1n) is 13.4. The normalized spacial score (nSPS) is 44.9. The van der Waals surface area contributed by atoms with Crippen molar-refractivity contribution in [3.63, 3.8) is 0 Å². The van der Waals surface area contributed by atoms with Crippen LogP contribution in [0.1, 0.15) is 120 Å². The third kappa shape index (κ3) is 3.34. The molecule has 0 heterocycles. The Bertz CT molecular complexity index is 767. The average molecular weight is 427 g/mol. The molecule has 1 heteroatoms. The number of hydrogen-bond acceptors (Lipinski definition) is 1. The van der Waals surface area contributed by atoms with Crippen LogP contribution in [0.5, 0.6) is 0 Å². The molecule has 0 bridgehead atoms. The maximum Gasteiger partial charge on any atom is 0.0594 e. The highest BCUT2D eigenvalue weighted by atomic mass is 16.3. The van der Waals surface area contributed by atoms with Gasteiger partial charge in [0, 0.05) is 0 Å². The minimum atomic E-state index is -0.130. The molecule has 7 atom stereocenters. The molecule has 176 valence electrons. The van der Waals surface area contributed by atoms with Gasteiger partial charge in [0.1, 0.15) is 0 Å². The van der Waals surface area contributed by atoms with E-state index in [1.165, 1.54) is 63.4 Å². The van der Waals surface area contributed by atoms with E-state index in [1.54, 1.807) is 0 Å². The molecule has 0 aromatic carbocycles. The smallest absolute Gasteiger partial charge is 0.0594 e. The second-order valence-electron chi connectivity index (χ2n) is 13.6. The summed E-state index contributed by atoms with van der Waals surface area (Å²) in [6.45, 7) is 19.6. The summed E-state index contributed by atoms with van der Waals surface area (Å²) in [5.41, 5.74) is 6.41. The van der Waals surface area contributed by atoms with Gasteiger partial charge in [0.2, 0.25) is 0 Å². The van der Waals surface area contributed by atoms with Crippen molar-refractivity contribution in [2.24, 2.45) is 39.4 Å². The minimum absolute atomic E-state index is 0.0465. The van der Waals surface area contributed by atoms with Crippen molar-refractivity contribution in [1.29, 1.82) is 0 Å². The van der Waals surface area contributed by atoms with Gasteiger partial charge in [-0.1, -0.05) is 64.3 Å². The molecule has 0 aromatic rings. The number of allylic oxidation sites excluding steroid dienone is 4. The van der Waals surface area contributed by atoms with E-state index < -0.39 is 0 Å². The van der Waals surface area contributed by atoms with Crippen molar-refractivity contribution in [2.45, 2.75) is 126 Å². The second kappa shape index (κ2) is 7.75. The van der Waals surface area contributed by atoms with Crippen molar-refractivity contribution < 1.29 is 5.11 Å². The monoisotopic (exact) mass is 426 g/mol. The molecular formula is C30H50O. The SMILES string of the molecule is CC(C)=CCC[C@@H](C)[C@H]1CC[C@@]2(C)C3=C(CC[C@]12C)[C@@]1(C)CC[C@H](O)C(C)(C)[C@H]1CC3. The van der Waals surface area contributed by atoms with E-state index in [0.29, 0.717) is 22.2 Å². The second-order valence-corrected chi connectivity index (χ2v) is 13.6. The highest BCUT2D eigenvalue weighted by Crippen LogP contribution is 2.72. The van der Waals surface area contributed by atoms with E-state index in [2.05, 4.69) is 61.5 Å². The standard InChI is InChI=1S/C30H50O/c1-20(2)10-9-11-21(3)22-14-18-30(8)24-12-13-25-27(4,5)26(31)16-17-28(25,6)23(24)15-19-29(22,30)7/h10,21-22,25-26,31H,9,11-19H2,1-8H3/t21-,22-,25-,26+,28-,29-,30+/m1/s1. The molecule has 4 aliphatic rings. The van der Waals surface area contributed by atoms with Gasteiger partial charge in [0.05, 0.1) is 6.10 Å². The van der Waals surface area contributed by atoms with Gasteiger partial charge in [-0.05, 0) is 117 Å². The third-order valence-electron chi connectivity index (χ3n) is 11.7. The lowest BCUT2D eigenvalue weighted by Gasteiger charge is -2.62. The van der Waals surface area contributed by atoms with Crippen LogP contribution in [0.4, 0.5) is 0 Å². The Morgan fingerprint density at radius 3 is 2.35 bits per heavy atom. The van der Waals surface area contributed by atoms with E-state index in [0.717, 1.165) is 18.3 Å². The van der Waals surface area contributed by atoms with E-state index in [1.807, 2.05) is 11.1 Å². The van der Waals surface area contributed by atoms with Gasteiger partial charge < -0.3 is 5.11 Å². The van der Waals surface area contributed by atoms with Crippen molar-refractivity contribution in [2.75, 3.05) is 0 Å². The fourth-order valence-electron chi connectivity index (χ4n) is 9.47. The van der Waals surface area contributed by atoms with Crippen LogP contribution >= 0.6 is 0 Å². The lowest BCUT2D eigenvalue weighted by atomic mass is 9.43. The zero-order valence-corrected chi connectivity index (χ0v) is 21.9. The Morgan fingerprint density at radius 2 is 1.68 bits per heavy atom. The predicted octanol–water partition coefficient (Wildman–Crippen LogP) is 8.48. The molecule has 1 N–H and O–H groups in total. The quantitative estimate of drug-likeness (QED) is 0.447. The van der Waals surface area contributed by atoms with Crippen LogP contribution < -0.4 is 0 Å². The minimum Gasteiger partial charge on any atom is -0.393 e. The zero-order valence-electron chi connectivity index (χ0n) is 21.9. The van der Waals surface area contributed by atoms with E-state index in [4.69, 9.17) is 0 Å². The zero-order chi connectivity index (χ0) is 22.8. The summed E-state index contributed by atoms with van der Waals surface area (Å²) in [6, 6.07) is 0. The van der Waals surface area contributed by atoms with Crippen LogP contribution in [0, 0.1) is 39.4 Å². The van der Waals surface area contributed by atoms with Crippen LogP contribution in [-0.2, 0) is 0 Å². The molecule has 4 rings (SSSR count). The predicted molar refractivity (Wildman–Crippen MR) is 133 cm³/mol. The molecule has 0 amide bonds. The molecule has 31 heavy (non-hydrogen) atoms. The molecule has 4 aliphatic carbocycles. The Labute approximate surface area is 193 Å². The molecule has 1 nitrogen and oxygen atoms in total. The van der Waals surface area contributed by atoms with Crippen molar-refractivity contribution in [3.05, 3.63) is 22.8 Å². The van der Waals surface area contributed by atoms with Gasteiger partial charge in [-0.15, -0.1) is 0 Å². The van der Waals surface area contributed by atoms with Gasteiger partial charge >= 0.3 is 0 Å². The van der Waals surface area contributed by atoms with Crippen LogP contribution in [0.25, 0.3) is 0 Å². The maximum absolute atomic E-state index is 10.8. The van der Waals surface area contributed by atoms with E-state index >= 15 is 0 Å². The Hall–Kier alpha value is -0.560. The summed E-state index contributed by atoms with van der Waals surface area (Å²) in [7, 11) is 0. The van der Waals surface area contributed by atoms with Crippen LogP contribution in [0.2, 0.25) is 0 Å². The van der Waals surface area contributed by atoms with Crippen LogP contribution in [-0.4, -0.2) is 11.2 Å². The molecule has 0 unspecified atom stereocenters. The van der Waals surface area contributed by atoms with Crippen molar-refractivity contribution in [3.8, 4) is 0 Å². The van der Waals surface area contributed by atoms with Crippen molar-refractivity contribution >= 4 is 0 Å². The number of aliphatic hydroxyl groups is 1. The molecule has 0 spiro atoms. The van der Waals surface area contributed by atoms with Crippen molar-refractivity contribution in [1.82, 2.24) is 0 Å². The van der Waals surface area contributed by atoms with E-state index in [9.17, 15) is 5.11 Å².